The van der Waals surface area contributed by atoms with E-state index in [1.54, 1.807) is 17.4 Å². The van der Waals surface area contributed by atoms with Crippen molar-refractivity contribution in [2.75, 3.05) is 25.0 Å². The van der Waals surface area contributed by atoms with Crippen LogP contribution in [0.15, 0.2) is 29.8 Å². The first-order valence-electron chi connectivity index (χ1n) is 6.88. The van der Waals surface area contributed by atoms with Crippen molar-refractivity contribution in [2.45, 2.75) is 18.9 Å². The van der Waals surface area contributed by atoms with Gasteiger partial charge in [-0.25, -0.2) is 4.39 Å². The number of thiophene rings is 1. The van der Waals surface area contributed by atoms with Gasteiger partial charge < -0.3 is 10.2 Å². The maximum Gasteiger partial charge on any atom is 0.143 e. The van der Waals surface area contributed by atoms with Crippen LogP contribution >= 0.6 is 11.3 Å². The van der Waals surface area contributed by atoms with Gasteiger partial charge in [-0.05, 0) is 31.5 Å². The molecular formula is C15H18FN3S. The smallest absolute Gasteiger partial charge is 0.143 e. The topological polar surface area (TPSA) is 28.2 Å². The number of halogens is 1. The lowest BCUT2D eigenvalue weighted by Crippen LogP contribution is -2.28. The van der Waals surface area contributed by atoms with Crippen LogP contribution < -0.4 is 10.2 Å². The number of pyridine rings is 1. The number of fused-ring (bicyclic) bond motifs is 1. The predicted octanol–water partition coefficient (Wildman–Crippen LogP) is 3.00. The van der Waals surface area contributed by atoms with Crippen LogP contribution in [-0.4, -0.2) is 25.1 Å². The Morgan fingerprint density at radius 2 is 2.45 bits per heavy atom. The highest BCUT2D eigenvalue weighted by atomic mass is 32.1. The lowest BCUT2D eigenvalue weighted by Gasteiger charge is -2.29. The summed E-state index contributed by atoms with van der Waals surface area (Å²) in [5, 5.41) is 5.31. The Kier molecular flexibility index (Phi) is 3.98. The van der Waals surface area contributed by atoms with E-state index in [4.69, 9.17) is 0 Å². The number of aromatic nitrogens is 1. The van der Waals surface area contributed by atoms with Crippen LogP contribution in [0.25, 0.3) is 0 Å². The van der Waals surface area contributed by atoms with Gasteiger partial charge >= 0.3 is 0 Å². The van der Waals surface area contributed by atoms with Crippen LogP contribution in [0.2, 0.25) is 0 Å². The molecule has 0 aliphatic carbocycles. The zero-order chi connectivity index (χ0) is 13.9. The summed E-state index contributed by atoms with van der Waals surface area (Å²) in [5.74, 6) is -0.255. The standard InChI is InChI=1S/C15H18FN3S/c1-17-6-4-13(15-3-2-8-20-15)19-7-5-12-14(19)9-11(16)10-18-12/h2-3,8-10,13,17H,4-7H2,1H3. The van der Waals surface area contributed by atoms with Gasteiger partial charge in [0.15, 0.2) is 0 Å². The summed E-state index contributed by atoms with van der Waals surface area (Å²) in [5.41, 5.74) is 1.97. The highest BCUT2D eigenvalue weighted by molar-refractivity contribution is 7.10. The van der Waals surface area contributed by atoms with Crippen molar-refractivity contribution in [3.8, 4) is 0 Å². The van der Waals surface area contributed by atoms with Crippen LogP contribution in [0.1, 0.15) is 23.0 Å². The zero-order valence-corrected chi connectivity index (χ0v) is 12.3. The molecule has 3 nitrogen and oxygen atoms in total. The van der Waals surface area contributed by atoms with E-state index in [-0.39, 0.29) is 5.82 Å². The second kappa shape index (κ2) is 5.89. The molecule has 3 heterocycles. The van der Waals surface area contributed by atoms with E-state index in [0.717, 1.165) is 37.3 Å². The van der Waals surface area contributed by atoms with Crippen molar-refractivity contribution >= 4 is 17.0 Å². The molecule has 20 heavy (non-hydrogen) atoms. The molecule has 0 spiro atoms. The van der Waals surface area contributed by atoms with Crippen LogP contribution in [-0.2, 0) is 6.42 Å². The second-order valence-electron chi connectivity index (χ2n) is 4.99. The van der Waals surface area contributed by atoms with Crippen LogP contribution in [0, 0.1) is 5.82 Å². The van der Waals surface area contributed by atoms with Crippen molar-refractivity contribution in [1.29, 1.82) is 0 Å². The minimum atomic E-state index is -0.255. The molecule has 0 saturated heterocycles. The lowest BCUT2D eigenvalue weighted by atomic mass is 10.1. The average molecular weight is 291 g/mol. The third-order valence-electron chi connectivity index (χ3n) is 3.73. The van der Waals surface area contributed by atoms with Gasteiger partial charge in [-0.1, -0.05) is 6.07 Å². The number of nitrogens with one attached hydrogen (secondary N) is 1. The first kappa shape index (κ1) is 13.5. The minimum absolute atomic E-state index is 0.255. The van der Waals surface area contributed by atoms with Gasteiger partial charge in [0.05, 0.1) is 23.6 Å². The highest BCUT2D eigenvalue weighted by Gasteiger charge is 2.28. The molecule has 106 valence electrons. The minimum Gasteiger partial charge on any atom is -0.362 e. The van der Waals surface area contributed by atoms with E-state index in [1.807, 2.05) is 7.05 Å². The van der Waals surface area contributed by atoms with E-state index in [0.29, 0.717) is 6.04 Å². The quantitative estimate of drug-likeness (QED) is 0.918. The van der Waals surface area contributed by atoms with Gasteiger partial charge in [0.25, 0.3) is 0 Å². The highest BCUT2D eigenvalue weighted by Crippen LogP contribution is 2.37. The molecule has 2 aromatic heterocycles. The summed E-state index contributed by atoms with van der Waals surface area (Å²) in [4.78, 5) is 7.86. The van der Waals surface area contributed by atoms with Gasteiger partial charge in [-0.2, -0.15) is 0 Å². The third kappa shape index (κ3) is 2.55. The molecule has 1 N–H and O–H groups in total. The van der Waals surface area contributed by atoms with Gasteiger partial charge in [0, 0.05) is 23.9 Å². The van der Waals surface area contributed by atoms with Crippen molar-refractivity contribution in [2.24, 2.45) is 0 Å². The van der Waals surface area contributed by atoms with E-state index in [9.17, 15) is 4.39 Å². The Bertz CT molecular complexity index is 571. The molecule has 5 heteroatoms. The first-order chi connectivity index (χ1) is 9.79. The van der Waals surface area contributed by atoms with Crippen molar-refractivity contribution in [3.05, 3.63) is 46.2 Å². The summed E-state index contributed by atoms with van der Waals surface area (Å²) in [6.07, 6.45) is 3.22. The fourth-order valence-corrected chi connectivity index (χ4v) is 3.66. The molecule has 0 radical (unpaired) electrons. The lowest BCUT2D eigenvalue weighted by molar-refractivity contribution is 0.574. The van der Waals surface area contributed by atoms with Gasteiger partial charge in [0.1, 0.15) is 5.82 Å². The molecule has 2 aromatic rings. The van der Waals surface area contributed by atoms with Crippen molar-refractivity contribution in [1.82, 2.24) is 10.3 Å². The largest absolute Gasteiger partial charge is 0.362 e. The first-order valence-corrected chi connectivity index (χ1v) is 7.76. The number of hydrogen-bond acceptors (Lipinski definition) is 4. The Morgan fingerprint density at radius 1 is 1.55 bits per heavy atom. The van der Waals surface area contributed by atoms with Crippen molar-refractivity contribution in [3.63, 3.8) is 0 Å². The molecular weight excluding hydrogens is 273 g/mol. The fourth-order valence-electron chi connectivity index (χ4n) is 2.78. The van der Waals surface area contributed by atoms with E-state index in [1.165, 1.54) is 11.1 Å². The zero-order valence-electron chi connectivity index (χ0n) is 11.5. The molecule has 1 atom stereocenters. The van der Waals surface area contributed by atoms with E-state index < -0.39 is 0 Å². The fraction of sp³-hybridized carbons (Fsp3) is 0.400. The molecule has 1 aliphatic heterocycles. The van der Waals surface area contributed by atoms with Crippen LogP contribution in [0.4, 0.5) is 10.1 Å². The van der Waals surface area contributed by atoms with Gasteiger partial charge in [0.2, 0.25) is 0 Å². The monoisotopic (exact) mass is 291 g/mol. The molecule has 1 unspecified atom stereocenters. The summed E-state index contributed by atoms with van der Waals surface area (Å²) < 4.78 is 13.5. The molecule has 0 amide bonds. The van der Waals surface area contributed by atoms with Gasteiger partial charge in [-0.3, -0.25) is 4.98 Å². The molecule has 0 bridgehead atoms. The molecule has 3 rings (SSSR count). The van der Waals surface area contributed by atoms with Crippen LogP contribution in [0.5, 0.6) is 0 Å². The Balaban J connectivity index is 1.91. The Labute approximate surface area is 122 Å². The summed E-state index contributed by atoms with van der Waals surface area (Å²) in [6.45, 7) is 1.86. The molecule has 1 aliphatic rings. The van der Waals surface area contributed by atoms with Crippen LogP contribution in [0.3, 0.4) is 0 Å². The average Bonchev–Trinajstić information content (AvgIpc) is 3.09. The Morgan fingerprint density at radius 3 is 3.20 bits per heavy atom. The number of nitrogens with zero attached hydrogens (tertiary/aromatic N) is 2. The van der Waals surface area contributed by atoms with E-state index >= 15 is 0 Å². The molecule has 0 aromatic carbocycles. The SMILES string of the molecule is CNCCC(c1cccs1)N1CCc2ncc(F)cc21. The summed E-state index contributed by atoms with van der Waals surface area (Å²) >= 11 is 1.76. The molecule has 0 saturated carbocycles. The third-order valence-corrected chi connectivity index (χ3v) is 4.70. The maximum absolute atomic E-state index is 13.5. The molecule has 0 fully saturated rings. The van der Waals surface area contributed by atoms with E-state index in [2.05, 4.69) is 32.7 Å². The second-order valence-corrected chi connectivity index (χ2v) is 5.97. The normalized spacial score (nSPS) is 15.4. The number of rotatable bonds is 5. The number of anilines is 1. The maximum atomic E-state index is 13.5. The van der Waals surface area contributed by atoms with Gasteiger partial charge in [-0.15, -0.1) is 11.3 Å². The Hall–Kier alpha value is -1.46. The number of hydrogen-bond donors (Lipinski definition) is 1. The summed E-state index contributed by atoms with van der Waals surface area (Å²) in [6, 6.07) is 6.16. The predicted molar refractivity (Wildman–Crippen MR) is 80.8 cm³/mol. The van der Waals surface area contributed by atoms with Crippen molar-refractivity contribution < 1.29 is 4.39 Å². The summed E-state index contributed by atoms with van der Waals surface area (Å²) in [7, 11) is 1.96.